The molecule has 0 aromatic heterocycles. The number of alkyl carbamates (subject to hydrolysis) is 1. The quantitative estimate of drug-likeness (QED) is 0.907. The van der Waals surface area contributed by atoms with E-state index in [-0.39, 0.29) is 0 Å². The minimum atomic E-state index is -0.464. The first-order chi connectivity index (χ1) is 11.2. The largest absolute Gasteiger partial charge is 0.493 e. The van der Waals surface area contributed by atoms with Gasteiger partial charge in [-0.05, 0) is 36.3 Å². The van der Waals surface area contributed by atoms with Crippen molar-refractivity contribution in [3.05, 3.63) is 59.3 Å². The summed E-state index contributed by atoms with van der Waals surface area (Å²) in [6.07, 6.45) is 2.11. The van der Waals surface area contributed by atoms with Crippen LogP contribution in [0.5, 0.6) is 5.75 Å². The number of fused-ring (bicyclic) bond motifs is 1. The van der Waals surface area contributed by atoms with Gasteiger partial charge in [-0.15, -0.1) is 0 Å². The summed E-state index contributed by atoms with van der Waals surface area (Å²) in [7, 11) is 1.35. The van der Waals surface area contributed by atoms with Gasteiger partial charge < -0.3 is 9.47 Å². The van der Waals surface area contributed by atoms with E-state index in [1.165, 1.54) is 12.7 Å². The highest BCUT2D eigenvalue weighted by Crippen LogP contribution is 2.30. The van der Waals surface area contributed by atoms with Gasteiger partial charge in [0, 0.05) is 17.7 Å². The Morgan fingerprint density at radius 3 is 2.61 bits per heavy atom. The molecule has 2 aromatic rings. The van der Waals surface area contributed by atoms with Crippen molar-refractivity contribution in [3.63, 3.8) is 0 Å². The van der Waals surface area contributed by atoms with Crippen LogP contribution in [0.3, 0.4) is 0 Å². The highest BCUT2D eigenvalue weighted by atomic mass is 16.5. The maximum atomic E-state index is 11.4. The maximum absolute atomic E-state index is 11.4. The lowest BCUT2D eigenvalue weighted by Crippen LogP contribution is -2.22. The highest BCUT2D eigenvalue weighted by molar-refractivity contribution is 5.75. The minimum absolute atomic E-state index is 0.464. The van der Waals surface area contributed by atoms with Crippen LogP contribution in [0.25, 0.3) is 17.2 Å². The van der Waals surface area contributed by atoms with Crippen LogP contribution in [0.15, 0.2) is 48.2 Å². The number of ether oxygens (including phenoxy) is 2. The van der Waals surface area contributed by atoms with Crippen molar-refractivity contribution in [1.29, 1.82) is 0 Å². The van der Waals surface area contributed by atoms with Crippen molar-refractivity contribution in [2.45, 2.75) is 13.3 Å². The number of benzene rings is 2. The smallest absolute Gasteiger partial charge is 0.411 e. The average molecular weight is 309 g/mol. The van der Waals surface area contributed by atoms with Crippen molar-refractivity contribution in [3.8, 4) is 16.9 Å². The van der Waals surface area contributed by atoms with Crippen LogP contribution < -0.4 is 10.1 Å². The van der Waals surface area contributed by atoms with Gasteiger partial charge in [-0.1, -0.05) is 35.9 Å². The molecule has 0 saturated carbocycles. The molecule has 1 aliphatic rings. The molecule has 1 aliphatic heterocycles. The third kappa shape index (κ3) is 3.54. The predicted octanol–water partition coefficient (Wildman–Crippen LogP) is 4.14. The van der Waals surface area contributed by atoms with Crippen molar-refractivity contribution in [2.75, 3.05) is 13.7 Å². The molecule has 1 amide bonds. The van der Waals surface area contributed by atoms with Crippen molar-refractivity contribution < 1.29 is 14.3 Å². The van der Waals surface area contributed by atoms with Gasteiger partial charge >= 0.3 is 6.09 Å². The Kier molecular flexibility index (Phi) is 4.33. The molecule has 118 valence electrons. The molecule has 0 radical (unpaired) electrons. The summed E-state index contributed by atoms with van der Waals surface area (Å²) >= 11 is 0. The van der Waals surface area contributed by atoms with E-state index in [0.29, 0.717) is 13.0 Å². The Morgan fingerprint density at radius 1 is 1.13 bits per heavy atom. The molecule has 0 bridgehead atoms. The number of carbonyl (C=O) groups excluding carboxylic acids is 1. The van der Waals surface area contributed by atoms with Crippen molar-refractivity contribution in [1.82, 2.24) is 5.32 Å². The van der Waals surface area contributed by atoms with Gasteiger partial charge in [0.05, 0.1) is 13.7 Å². The number of hydrogen-bond donors (Lipinski definition) is 1. The zero-order valence-electron chi connectivity index (χ0n) is 13.3. The van der Waals surface area contributed by atoms with E-state index >= 15 is 0 Å². The summed E-state index contributed by atoms with van der Waals surface area (Å²) in [5, 5.41) is 2.74. The number of amides is 1. The van der Waals surface area contributed by atoms with Crippen LogP contribution in [-0.4, -0.2) is 19.8 Å². The van der Waals surface area contributed by atoms with E-state index in [2.05, 4.69) is 53.4 Å². The van der Waals surface area contributed by atoms with Crippen LogP contribution in [-0.2, 0) is 4.74 Å². The summed E-state index contributed by atoms with van der Waals surface area (Å²) in [5.41, 5.74) is 5.24. The van der Waals surface area contributed by atoms with E-state index in [1.54, 1.807) is 0 Å². The lowest BCUT2D eigenvalue weighted by Gasteiger charge is -2.09. The van der Waals surface area contributed by atoms with E-state index in [0.717, 1.165) is 28.1 Å². The molecule has 0 spiro atoms. The van der Waals surface area contributed by atoms with Gasteiger partial charge in [-0.25, -0.2) is 4.79 Å². The third-order valence-corrected chi connectivity index (χ3v) is 3.80. The highest BCUT2D eigenvalue weighted by Gasteiger charge is 2.13. The molecule has 0 fully saturated rings. The van der Waals surface area contributed by atoms with Crippen LogP contribution in [0.1, 0.15) is 17.5 Å². The Hall–Kier alpha value is -2.75. The fourth-order valence-corrected chi connectivity index (χ4v) is 2.53. The first kappa shape index (κ1) is 15.2. The molecule has 4 heteroatoms. The van der Waals surface area contributed by atoms with E-state index < -0.39 is 6.09 Å². The maximum Gasteiger partial charge on any atom is 0.411 e. The van der Waals surface area contributed by atoms with E-state index in [4.69, 9.17) is 4.74 Å². The summed E-state index contributed by atoms with van der Waals surface area (Å²) in [6.45, 7) is 2.59. The van der Waals surface area contributed by atoms with E-state index in [9.17, 15) is 4.79 Å². The van der Waals surface area contributed by atoms with Gasteiger partial charge in [-0.2, -0.15) is 0 Å². The summed E-state index contributed by atoms with van der Waals surface area (Å²) in [4.78, 5) is 11.4. The molecule has 1 heterocycles. The number of nitrogens with one attached hydrogen (secondary N) is 1. The van der Waals surface area contributed by atoms with Crippen LogP contribution in [0, 0.1) is 6.92 Å². The Morgan fingerprint density at radius 2 is 1.87 bits per heavy atom. The van der Waals surface area contributed by atoms with E-state index in [1.807, 2.05) is 12.1 Å². The topological polar surface area (TPSA) is 47.6 Å². The molecule has 1 N–H and O–H groups in total. The molecule has 0 unspecified atom stereocenters. The number of carbonyl (C=O) groups is 1. The normalized spacial score (nSPS) is 13.2. The Balaban J connectivity index is 1.95. The molecule has 4 nitrogen and oxygen atoms in total. The molecule has 23 heavy (non-hydrogen) atoms. The van der Waals surface area contributed by atoms with Gasteiger partial charge in [0.25, 0.3) is 0 Å². The van der Waals surface area contributed by atoms with Crippen LogP contribution in [0.4, 0.5) is 4.79 Å². The standard InChI is InChI=1S/C19H19NO3/c1-13-3-5-14(6-4-13)15-7-8-18-16(11-15)12-17(9-10-23-18)20-19(21)22-2/h3-8,11-12H,9-10H2,1-2H3,(H,20,21). The molecular formula is C19H19NO3. The minimum Gasteiger partial charge on any atom is -0.493 e. The zero-order valence-corrected chi connectivity index (χ0v) is 13.3. The fourth-order valence-electron chi connectivity index (χ4n) is 2.53. The Bertz CT molecular complexity index is 748. The molecular weight excluding hydrogens is 290 g/mol. The lowest BCUT2D eigenvalue weighted by molar-refractivity contribution is 0.173. The lowest BCUT2D eigenvalue weighted by atomic mass is 10.0. The third-order valence-electron chi connectivity index (χ3n) is 3.80. The second-order valence-electron chi connectivity index (χ2n) is 5.50. The monoisotopic (exact) mass is 309 g/mol. The summed E-state index contributed by atoms with van der Waals surface area (Å²) in [6, 6.07) is 14.5. The molecule has 2 aromatic carbocycles. The molecule has 3 rings (SSSR count). The second kappa shape index (κ2) is 6.57. The second-order valence-corrected chi connectivity index (χ2v) is 5.50. The van der Waals surface area contributed by atoms with Gasteiger partial charge in [-0.3, -0.25) is 5.32 Å². The SMILES string of the molecule is COC(=O)NC1=Cc2cc(-c3ccc(C)cc3)ccc2OCC1. The van der Waals surface area contributed by atoms with Crippen molar-refractivity contribution in [2.24, 2.45) is 0 Å². The predicted molar refractivity (Wildman–Crippen MR) is 90.2 cm³/mol. The first-order valence-corrected chi connectivity index (χ1v) is 7.55. The zero-order chi connectivity index (χ0) is 16.2. The molecule has 0 atom stereocenters. The molecule has 0 saturated heterocycles. The van der Waals surface area contributed by atoms with Gasteiger partial charge in [0.2, 0.25) is 0 Å². The Labute approximate surface area is 135 Å². The summed E-state index contributed by atoms with van der Waals surface area (Å²) in [5.74, 6) is 0.822. The first-order valence-electron chi connectivity index (χ1n) is 7.55. The molecule has 0 aliphatic carbocycles. The fraction of sp³-hybridized carbons (Fsp3) is 0.211. The van der Waals surface area contributed by atoms with Gasteiger partial charge in [0.15, 0.2) is 0 Å². The average Bonchev–Trinajstić information content (AvgIpc) is 2.76. The van der Waals surface area contributed by atoms with Crippen LogP contribution in [0.2, 0.25) is 0 Å². The van der Waals surface area contributed by atoms with Gasteiger partial charge in [0.1, 0.15) is 5.75 Å². The summed E-state index contributed by atoms with van der Waals surface area (Å²) < 4.78 is 10.4. The number of methoxy groups -OCH3 is 1. The number of aryl methyl sites for hydroxylation is 1. The number of rotatable bonds is 2. The van der Waals surface area contributed by atoms with Crippen molar-refractivity contribution >= 4 is 12.2 Å². The number of hydrogen-bond acceptors (Lipinski definition) is 3. The van der Waals surface area contributed by atoms with Crippen LogP contribution >= 0.6 is 0 Å².